The number of aliphatic hydroxyl groups is 1. The predicted octanol–water partition coefficient (Wildman–Crippen LogP) is 1.11. The van der Waals surface area contributed by atoms with Crippen LogP contribution in [0, 0.1) is 16.7 Å². The van der Waals surface area contributed by atoms with E-state index >= 15 is 0 Å². The van der Waals surface area contributed by atoms with Crippen molar-refractivity contribution in [1.29, 1.82) is 0 Å². The molecule has 2 N–H and O–H groups in total. The summed E-state index contributed by atoms with van der Waals surface area (Å²) in [4.78, 5) is 0. The molecular weight excluding hydrogens is 238 g/mol. The van der Waals surface area contributed by atoms with Crippen LogP contribution in [-0.4, -0.2) is 31.9 Å². The summed E-state index contributed by atoms with van der Waals surface area (Å²) in [6.07, 6.45) is 3.43. The molecule has 2 aliphatic rings. The fraction of sp³-hybridized carbons (Fsp3) is 1.00. The zero-order valence-corrected chi connectivity index (χ0v) is 11.7. The van der Waals surface area contributed by atoms with Crippen LogP contribution in [0.1, 0.15) is 40.0 Å². The summed E-state index contributed by atoms with van der Waals surface area (Å²) in [7, 11) is -3.35. The molecule has 2 aliphatic carbocycles. The van der Waals surface area contributed by atoms with Crippen molar-refractivity contribution in [3.63, 3.8) is 0 Å². The highest BCUT2D eigenvalue weighted by atomic mass is 32.2. The lowest BCUT2D eigenvalue weighted by atomic mass is 9.69. The van der Waals surface area contributed by atoms with Crippen molar-refractivity contribution in [2.75, 3.05) is 12.4 Å². The molecule has 0 aromatic rings. The van der Waals surface area contributed by atoms with Gasteiger partial charge in [0, 0.05) is 6.04 Å². The molecule has 0 radical (unpaired) electrons. The monoisotopic (exact) mass is 261 g/mol. The molecule has 0 aromatic heterocycles. The van der Waals surface area contributed by atoms with Gasteiger partial charge in [-0.25, -0.2) is 13.1 Å². The van der Waals surface area contributed by atoms with Gasteiger partial charge in [0.25, 0.3) is 0 Å². The van der Waals surface area contributed by atoms with Gasteiger partial charge in [0.1, 0.15) is 0 Å². The highest BCUT2D eigenvalue weighted by Crippen LogP contribution is 2.62. The van der Waals surface area contributed by atoms with E-state index in [1.807, 2.05) is 0 Å². The van der Waals surface area contributed by atoms with Gasteiger partial charge in [0.05, 0.1) is 12.4 Å². The maximum Gasteiger partial charge on any atom is 0.214 e. The van der Waals surface area contributed by atoms with Gasteiger partial charge in [-0.3, -0.25) is 0 Å². The molecule has 2 fully saturated rings. The Balaban J connectivity index is 2.21. The van der Waals surface area contributed by atoms with Crippen molar-refractivity contribution < 1.29 is 13.5 Å². The summed E-state index contributed by atoms with van der Waals surface area (Å²) in [6, 6.07) is 0.00491. The van der Waals surface area contributed by atoms with Crippen LogP contribution in [0.15, 0.2) is 0 Å². The Hall–Kier alpha value is -0.130. The second-order valence-corrected chi connectivity index (χ2v) is 8.38. The fourth-order valence-electron chi connectivity index (χ4n) is 3.95. The Morgan fingerprint density at radius 2 is 2.00 bits per heavy atom. The van der Waals surface area contributed by atoms with Crippen LogP contribution in [-0.2, 0) is 10.0 Å². The van der Waals surface area contributed by atoms with E-state index in [4.69, 9.17) is 5.11 Å². The van der Waals surface area contributed by atoms with Crippen LogP contribution < -0.4 is 4.72 Å². The summed E-state index contributed by atoms with van der Waals surface area (Å²) in [5.74, 6) is 0.426. The number of aliphatic hydroxyl groups excluding tert-OH is 1. The molecule has 0 aliphatic heterocycles. The van der Waals surface area contributed by atoms with Crippen LogP contribution in [0.25, 0.3) is 0 Å². The van der Waals surface area contributed by atoms with Gasteiger partial charge in [-0.2, -0.15) is 0 Å². The van der Waals surface area contributed by atoms with E-state index in [0.717, 1.165) is 12.8 Å². The highest BCUT2D eigenvalue weighted by Gasteiger charge is 2.60. The van der Waals surface area contributed by atoms with E-state index in [1.165, 1.54) is 6.42 Å². The van der Waals surface area contributed by atoms with Gasteiger partial charge in [-0.15, -0.1) is 0 Å². The maximum absolute atomic E-state index is 11.8. The van der Waals surface area contributed by atoms with E-state index in [0.29, 0.717) is 5.92 Å². The molecule has 0 saturated heterocycles. The molecule has 2 saturated carbocycles. The first-order chi connectivity index (χ1) is 7.71. The van der Waals surface area contributed by atoms with Crippen molar-refractivity contribution in [3.05, 3.63) is 0 Å². The third-order valence-corrected chi connectivity index (χ3v) is 6.24. The van der Waals surface area contributed by atoms with Crippen molar-refractivity contribution in [3.8, 4) is 0 Å². The molecule has 2 bridgehead atoms. The Labute approximate surface area is 104 Å². The van der Waals surface area contributed by atoms with Gasteiger partial charge in [0.15, 0.2) is 0 Å². The number of nitrogens with one attached hydrogen (secondary N) is 1. The van der Waals surface area contributed by atoms with E-state index in [-0.39, 0.29) is 29.2 Å². The van der Waals surface area contributed by atoms with Gasteiger partial charge in [-0.05, 0) is 36.0 Å². The fourth-order valence-corrected chi connectivity index (χ4v) is 5.26. The Morgan fingerprint density at radius 3 is 2.47 bits per heavy atom. The van der Waals surface area contributed by atoms with E-state index in [9.17, 15) is 8.42 Å². The second-order valence-electron chi connectivity index (χ2n) is 6.51. The quantitative estimate of drug-likeness (QED) is 0.797. The summed E-state index contributed by atoms with van der Waals surface area (Å²) in [5.41, 5.74) is 0.117. The molecule has 5 heteroatoms. The topological polar surface area (TPSA) is 66.4 Å². The minimum absolute atomic E-state index is 0.00491. The molecule has 3 atom stereocenters. The molecule has 0 heterocycles. The summed E-state index contributed by atoms with van der Waals surface area (Å²) in [6.45, 7) is 6.19. The van der Waals surface area contributed by atoms with Gasteiger partial charge < -0.3 is 5.11 Å². The van der Waals surface area contributed by atoms with Gasteiger partial charge >= 0.3 is 0 Å². The first kappa shape index (κ1) is 13.3. The molecule has 0 aromatic carbocycles. The lowest BCUT2D eigenvalue weighted by molar-refractivity contribution is 0.127. The average Bonchev–Trinajstić information content (AvgIpc) is 2.64. The lowest BCUT2D eigenvalue weighted by Crippen LogP contribution is -2.52. The van der Waals surface area contributed by atoms with E-state index in [2.05, 4.69) is 25.5 Å². The average molecular weight is 261 g/mol. The minimum Gasteiger partial charge on any atom is -0.395 e. The molecule has 17 heavy (non-hydrogen) atoms. The molecule has 3 unspecified atom stereocenters. The summed E-state index contributed by atoms with van der Waals surface area (Å²) >= 11 is 0. The molecule has 2 rings (SSSR count). The molecule has 0 amide bonds. The van der Waals surface area contributed by atoms with Crippen LogP contribution >= 0.6 is 0 Å². The van der Waals surface area contributed by atoms with Crippen LogP contribution in [0.3, 0.4) is 0 Å². The third kappa shape index (κ3) is 2.13. The molecule has 4 nitrogen and oxygen atoms in total. The molecular formula is C12H23NO3S. The zero-order chi connectivity index (χ0) is 12.9. The predicted molar refractivity (Wildman–Crippen MR) is 67.0 cm³/mol. The van der Waals surface area contributed by atoms with Crippen LogP contribution in [0.5, 0.6) is 0 Å². The van der Waals surface area contributed by atoms with E-state index < -0.39 is 10.0 Å². The number of hydrogen-bond donors (Lipinski definition) is 2. The standard InChI is InChI=1S/C12H23NO3S/c1-11(2)9-4-5-12(3,8-9)10(11)13-17(15,16)7-6-14/h9-10,13-14H,4-8H2,1-3H3. The first-order valence-corrected chi connectivity index (χ1v) is 7.97. The molecule has 0 spiro atoms. The smallest absolute Gasteiger partial charge is 0.214 e. The SMILES string of the molecule is CC12CCC(C1)C(C)(C)C2NS(=O)(=O)CCO. The third-order valence-electron chi connectivity index (χ3n) is 4.93. The summed E-state index contributed by atoms with van der Waals surface area (Å²) < 4.78 is 26.5. The highest BCUT2D eigenvalue weighted by molar-refractivity contribution is 7.89. The van der Waals surface area contributed by atoms with Gasteiger partial charge in [0.2, 0.25) is 10.0 Å². The summed E-state index contributed by atoms with van der Waals surface area (Å²) in [5, 5.41) is 8.78. The van der Waals surface area contributed by atoms with Crippen molar-refractivity contribution >= 4 is 10.0 Å². The number of hydrogen-bond acceptors (Lipinski definition) is 3. The largest absolute Gasteiger partial charge is 0.395 e. The van der Waals surface area contributed by atoms with Crippen LogP contribution in [0.4, 0.5) is 0 Å². The maximum atomic E-state index is 11.8. The number of fused-ring (bicyclic) bond motifs is 2. The van der Waals surface area contributed by atoms with Crippen LogP contribution in [0.2, 0.25) is 0 Å². The van der Waals surface area contributed by atoms with Crippen molar-refractivity contribution in [2.45, 2.75) is 46.1 Å². The van der Waals surface area contributed by atoms with Crippen molar-refractivity contribution in [2.24, 2.45) is 16.7 Å². The first-order valence-electron chi connectivity index (χ1n) is 6.32. The Kier molecular flexibility index (Phi) is 3.08. The Morgan fingerprint density at radius 1 is 1.35 bits per heavy atom. The van der Waals surface area contributed by atoms with Crippen molar-refractivity contribution in [1.82, 2.24) is 4.72 Å². The van der Waals surface area contributed by atoms with E-state index in [1.54, 1.807) is 0 Å². The zero-order valence-electron chi connectivity index (χ0n) is 10.9. The number of sulfonamides is 1. The Bertz CT molecular complexity index is 399. The second kappa shape index (κ2) is 3.93. The molecule has 100 valence electrons. The minimum atomic E-state index is -3.35. The number of rotatable bonds is 4. The normalized spacial score (nSPS) is 39.8. The lowest BCUT2D eigenvalue weighted by Gasteiger charge is -2.42. The van der Waals surface area contributed by atoms with Gasteiger partial charge in [-0.1, -0.05) is 20.8 Å².